The predicted molar refractivity (Wildman–Crippen MR) is 74.2 cm³/mol. The summed E-state index contributed by atoms with van der Waals surface area (Å²) in [4.78, 5) is 2.66. The van der Waals surface area contributed by atoms with Gasteiger partial charge in [-0.05, 0) is 31.6 Å². The van der Waals surface area contributed by atoms with Crippen LogP contribution in [-0.4, -0.2) is 35.7 Å². The van der Waals surface area contributed by atoms with E-state index in [2.05, 4.69) is 18.7 Å². The van der Waals surface area contributed by atoms with Crippen LogP contribution in [0, 0.1) is 5.92 Å². The summed E-state index contributed by atoms with van der Waals surface area (Å²) in [6.45, 7) is 7.31. The maximum absolute atomic E-state index is 8.99. The third kappa shape index (κ3) is 5.39. The average Bonchev–Trinajstić information content (AvgIpc) is 2.28. The normalized spacial score (nSPS) is 18.4. The quantitative estimate of drug-likeness (QED) is 0.633. The molecule has 0 saturated heterocycles. The molecule has 0 spiro atoms. The summed E-state index contributed by atoms with van der Waals surface area (Å²) >= 11 is 0. The van der Waals surface area contributed by atoms with Gasteiger partial charge in [0.05, 0.1) is 0 Å². The zero-order chi connectivity index (χ0) is 12.5. The van der Waals surface area contributed by atoms with Crippen LogP contribution >= 0.6 is 0 Å². The fourth-order valence-corrected chi connectivity index (χ4v) is 2.70. The molecule has 102 valence electrons. The highest BCUT2D eigenvalue weighted by atomic mass is 16.3. The first kappa shape index (κ1) is 15.0. The van der Waals surface area contributed by atoms with Gasteiger partial charge < -0.3 is 10.0 Å². The molecule has 0 aromatic carbocycles. The average molecular weight is 241 g/mol. The van der Waals surface area contributed by atoms with Crippen molar-refractivity contribution in [3.8, 4) is 0 Å². The lowest BCUT2D eigenvalue weighted by Gasteiger charge is -2.39. The Morgan fingerprint density at radius 3 is 2.47 bits per heavy atom. The van der Waals surface area contributed by atoms with Crippen molar-refractivity contribution >= 4 is 0 Å². The Morgan fingerprint density at radius 2 is 2.00 bits per heavy atom. The van der Waals surface area contributed by atoms with Gasteiger partial charge in [0.2, 0.25) is 0 Å². The molecule has 0 aromatic heterocycles. The maximum atomic E-state index is 8.99. The number of rotatable bonds is 10. The van der Waals surface area contributed by atoms with Crippen molar-refractivity contribution in [3.05, 3.63) is 0 Å². The van der Waals surface area contributed by atoms with E-state index in [1.165, 1.54) is 51.5 Å². The van der Waals surface area contributed by atoms with E-state index < -0.39 is 0 Å². The van der Waals surface area contributed by atoms with E-state index in [1.54, 1.807) is 0 Å². The van der Waals surface area contributed by atoms with E-state index in [1.807, 2.05) is 0 Å². The van der Waals surface area contributed by atoms with Crippen LogP contribution in [0.1, 0.15) is 65.2 Å². The number of hydrogen-bond donors (Lipinski definition) is 1. The minimum Gasteiger partial charge on any atom is -0.396 e. The molecule has 1 aliphatic carbocycles. The van der Waals surface area contributed by atoms with Gasteiger partial charge in [0.15, 0.2) is 0 Å². The molecule has 1 saturated carbocycles. The molecule has 1 N–H and O–H groups in total. The molecule has 1 unspecified atom stereocenters. The monoisotopic (exact) mass is 241 g/mol. The van der Waals surface area contributed by atoms with Crippen LogP contribution in [0.15, 0.2) is 0 Å². The second-order valence-corrected chi connectivity index (χ2v) is 5.57. The minimum absolute atomic E-state index is 0.342. The smallest absolute Gasteiger partial charge is 0.0443 e. The molecule has 0 heterocycles. The van der Waals surface area contributed by atoms with Gasteiger partial charge in [0.25, 0.3) is 0 Å². The molecule has 1 rings (SSSR count). The first-order chi connectivity index (χ1) is 8.31. The standard InChI is InChI=1S/C15H31NO/c1-3-5-8-14(4-2)13-16(11-7-12-17)15-9-6-10-15/h14-15,17H,3-13H2,1-2H3. The highest BCUT2D eigenvalue weighted by molar-refractivity contribution is 4.81. The van der Waals surface area contributed by atoms with Crippen molar-refractivity contribution in [2.45, 2.75) is 71.3 Å². The molecular formula is C15H31NO. The fourth-order valence-electron chi connectivity index (χ4n) is 2.70. The van der Waals surface area contributed by atoms with Crippen LogP contribution in [0.4, 0.5) is 0 Å². The minimum atomic E-state index is 0.342. The Hall–Kier alpha value is -0.0800. The SMILES string of the molecule is CCCCC(CC)CN(CCCO)C1CCC1. The Labute approximate surface area is 107 Å². The third-order valence-corrected chi connectivity index (χ3v) is 4.23. The van der Waals surface area contributed by atoms with Gasteiger partial charge >= 0.3 is 0 Å². The lowest BCUT2D eigenvalue weighted by atomic mass is 9.89. The van der Waals surface area contributed by atoms with Crippen LogP contribution in [0.2, 0.25) is 0 Å². The molecule has 2 nitrogen and oxygen atoms in total. The zero-order valence-corrected chi connectivity index (χ0v) is 11.8. The van der Waals surface area contributed by atoms with Crippen molar-refractivity contribution in [2.24, 2.45) is 5.92 Å². The number of unbranched alkanes of at least 4 members (excludes halogenated alkanes) is 1. The van der Waals surface area contributed by atoms with Crippen LogP contribution in [-0.2, 0) is 0 Å². The number of nitrogens with zero attached hydrogens (tertiary/aromatic N) is 1. The summed E-state index contributed by atoms with van der Waals surface area (Å²) in [6, 6.07) is 0.831. The van der Waals surface area contributed by atoms with E-state index in [0.717, 1.165) is 24.9 Å². The molecule has 0 bridgehead atoms. The predicted octanol–water partition coefficient (Wildman–Crippen LogP) is 3.44. The molecule has 0 aromatic rings. The van der Waals surface area contributed by atoms with Crippen molar-refractivity contribution in [1.82, 2.24) is 4.90 Å². The van der Waals surface area contributed by atoms with Gasteiger partial charge in [-0.3, -0.25) is 0 Å². The number of aliphatic hydroxyl groups excluding tert-OH is 1. The number of aliphatic hydroxyl groups is 1. The summed E-state index contributed by atoms with van der Waals surface area (Å²) in [7, 11) is 0. The molecule has 1 atom stereocenters. The Morgan fingerprint density at radius 1 is 1.24 bits per heavy atom. The molecular weight excluding hydrogens is 210 g/mol. The molecule has 17 heavy (non-hydrogen) atoms. The topological polar surface area (TPSA) is 23.5 Å². The van der Waals surface area contributed by atoms with Gasteiger partial charge in [-0.2, -0.15) is 0 Å². The maximum Gasteiger partial charge on any atom is 0.0443 e. The Kier molecular flexibility index (Phi) is 7.87. The van der Waals surface area contributed by atoms with E-state index in [-0.39, 0.29) is 0 Å². The zero-order valence-electron chi connectivity index (χ0n) is 11.8. The highest BCUT2D eigenvalue weighted by Crippen LogP contribution is 2.27. The summed E-state index contributed by atoms with van der Waals surface area (Å²) < 4.78 is 0. The third-order valence-electron chi connectivity index (χ3n) is 4.23. The molecule has 0 amide bonds. The van der Waals surface area contributed by atoms with Crippen molar-refractivity contribution in [1.29, 1.82) is 0 Å². The molecule has 0 radical (unpaired) electrons. The summed E-state index contributed by atoms with van der Waals surface area (Å²) in [5.41, 5.74) is 0. The highest BCUT2D eigenvalue weighted by Gasteiger charge is 2.25. The molecule has 1 aliphatic rings. The second kappa shape index (κ2) is 8.93. The van der Waals surface area contributed by atoms with Gasteiger partial charge in [-0.15, -0.1) is 0 Å². The van der Waals surface area contributed by atoms with Crippen LogP contribution in [0.25, 0.3) is 0 Å². The van der Waals surface area contributed by atoms with Crippen molar-refractivity contribution in [2.75, 3.05) is 19.7 Å². The lowest BCUT2D eigenvalue weighted by Crippen LogP contribution is -2.43. The lowest BCUT2D eigenvalue weighted by molar-refractivity contribution is 0.0948. The van der Waals surface area contributed by atoms with Crippen LogP contribution in [0.3, 0.4) is 0 Å². The van der Waals surface area contributed by atoms with E-state index >= 15 is 0 Å². The molecule has 2 heteroatoms. The molecule has 0 aliphatic heterocycles. The largest absolute Gasteiger partial charge is 0.396 e. The van der Waals surface area contributed by atoms with Crippen molar-refractivity contribution < 1.29 is 5.11 Å². The van der Waals surface area contributed by atoms with Gasteiger partial charge in [-0.25, -0.2) is 0 Å². The first-order valence-corrected chi connectivity index (χ1v) is 7.66. The van der Waals surface area contributed by atoms with Crippen LogP contribution in [0.5, 0.6) is 0 Å². The summed E-state index contributed by atoms with van der Waals surface area (Å²) in [6.07, 6.45) is 10.5. The van der Waals surface area contributed by atoms with E-state index in [9.17, 15) is 0 Å². The van der Waals surface area contributed by atoms with Gasteiger partial charge in [-0.1, -0.05) is 39.5 Å². The van der Waals surface area contributed by atoms with Gasteiger partial charge in [0, 0.05) is 25.7 Å². The van der Waals surface area contributed by atoms with Crippen LogP contribution < -0.4 is 0 Å². The number of hydrogen-bond acceptors (Lipinski definition) is 2. The van der Waals surface area contributed by atoms with Crippen molar-refractivity contribution in [3.63, 3.8) is 0 Å². The Bertz CT molecular complexity index is 180. The summed E-state index contributed by atoms with van der Waals surface area (Å²) in [5, 5.41) is 8.99. The molecule has 1 fully saturated rings. The van der Waals surface area contributed by atoms with E-state index in [0.29, 0.717) is 6.61 Å². The fraction of sp³-hybridized carbons (Fsp3) is 1.00. The summed E-state index contributed by atoms with van der Waals surface area (Å²) in [5.74, 6) is 0.870. The van der Waals surface area contributed by atoms with Gasteiger partial charge in [0.1, 0.15) is 0 Å². The first-order valence-electron chi connectivity index (χ1n) is 7.66. The Balaban J connectivity index is 2.33. The van der Waals surface area contributed by atoms with E-state index in [4.69, 9.17) is 5.11 Å². The second-order valence-electron chi connectivity index (χ2n) is 5.57.